The molecule has 2 fully saturated rings. The van der Waals surface area contributed by atoms with Crippen molar-refractivity contribution in [1.29, 1.82) is 0 Å². The number of benzene rings is 1. The maximum absolute atomic E-state index is 10.8. The van der Waals surface area contributed by atoms with Gasteiger partial charge in [0.1, 0.15) is 10.0 Å². The number of hydrogen-bond acceptors (Lipinski definition) is 3. The van der Waals surface area contributed by atoms with Crippen molar-refractivity contribution < 1.29 is 5.11 Å². The van der Waals surface area contributed by atoms with Crippen LogP contribution in [0.5, 0.6) is 0 Å². The minimum absolute atomic E-state index is 0.208. The van der Waals surface area contributed by atoms with Crippen molar-refractivity contribution in [2.45, 2.75) is 36.7 Å². The van der Waals surface area contributed by atoms with Gasteiger partial charge in [-0.2, -0.15) is 0 Å². The van der Waals surface area contributed by atoms with E-state index >= 15 is 0 Å². The molecule has 1 aliphatic heterocycles. The largest absolute Gasteiger partial charge is 0.371 e. The molecule has 2 nitrogen and oxygen atoms in total. The molecule has 0 spiro atoms. The third kappa shape index (κ3) is 2.64. The van der Waals surface area contributed by atoms with Crippen LogP contribution in [0.3, 0.4) is 0 Å². The first-order chi connectivity index (χ1) is 9.08. The molecule has 3 atom stereocenters. The molecule has 0 aromatic heterocycles. The SMILES string of the molecule is O[C@@]12CCCC[C@@H]1[C@H](c1ccc(Cl)cc1)SC(=S)N2. The number of rotatable bonds is 1. The number of thiocarbonyl (C=S) groups is 1. The lowest BCUT2D eigenvalue weighted by atomic mass is 9.77. The summed E-state index contributed by atoms with van der Waals surface area (Å²) in [6, 6.07) is 7.90. The van der Waals surface area contributed by atoms with Gasteiger partial charge < -0.3 is 10.4 Å². The second-order valence-corrected chi connectivity index (χ2v) is 7.53. The number of hydrogen-bond donors (Lipinski definition) is 2. The highest BCUT2D eigenvalue weighted by molar-refractivity contribution is 8.23. The zero-order valence-corrected chi connectivity index (χ0v) is 12.8. The maximum Gasteiger partial charge on any atom is 0.140 e. The zero-order chi connectivity index (χ0) is 13.5. The van der Waals surface area contributed by atoms with Gasteiger partial charge in [0, 0.05) is 16.2 Å². The highest BCUT2D eigenvalue weighted by atomic mass is 35.5. The van der Waals surface area contributed by atoms with E-state index in [1.807, 2.05) is 24.3 Å². The Kier molecular flexibility index (Phi) is 3.78. The van der Waals surface area contributed by atoms with E-state index in [9.17, 15) is 5.11 Å². The predicted molar refractivity (Wildman–Crippen MR) is 84.4 cm³/mol. The molecule has 1 aromatic rings. The van der Waals surface area contributed by atoms with E-state index < -0.39 is 5.72 Å². The molecule has 2 aliphatic rings. The van der Waals surface area contributed by atoms with Gasteiger partial charge >= 0.3 is 0 Å². The fourth-order valence-electron chi connectivity index (χ4n) is 3.10. The number of aliphatic hydroxyl groups is 1. The van der Waals surface area contributed by atoms with E-state index in [1.54, 1.807) is 11.8 Å². The molecule has 0 radical (unpaired) electrons. The predicted octanol–water partition coefficient (Wildman–Crippen LogP) is 3.88. The summed E-state index contributed by atoms with van der Waals surface area (Å²) in [5, 5.41) is 14.9. The molecule has 1 heterocycles. The Morgan fingerprint density at radius 1 is 1.32 bits per heavy atom. The molecule has 102 valence electrons. The number of fused-ring (bicyclic) bond motifs is 1. The first-order valence-electron chi connectivity index (χ1n) is 6.55. The van der Waals surface area contributed by atoms with Crippen molar-refractivity contribution in [2.75, 3.05) is 0 Å². The van der Waals surface area contributed by atoms with Gasteiger partial charge in [-0.15, -0.1) is 0 Å². The first-order valence-corrected chi connectivity index (χ1v) is 8.22. The molecule has 0 amide bonds. The molecular weight excluding hydrogens is 298 g/mol. The average molecular weight is 314 g/mol. The molecule has 1 aromatic carbocycles. The van der Waals surface area contributed by atoms with Crippen LogP contribution in [0.25, 0.3) is 0 Å². The fourth-order valence-corrected chi connectivity index (χ4v) is 5.00. The third-order valence-electron chi connectivity index (χ3n) is 4.05. The maximum atomic E-state index is 10.8. The summed E-state index contributed by atoms with van der Waals surface area (Å²) in [6.07, 6.45) is 4.04. The molecule has 2 N–H and O–H groups in total. The second kappa shape index (κ2) is 5.24. The minimum Gasteiger partial charge on any atom is -0.371 e. The Morgan fingerprint density at radius 3 is 2.79 bits per heavy atom. The van der Waals surface area contributed by atoms with E-state index in [0.29, 0.717) is 4.32 Å². The van der Waals surface area contributed by atoms with Crippen molar-refractivity contribution in [3.63, 3.8) is 0 Å². The van der Waals surface area contributed by atoms with Gasteiger partial charge in [-0.25, -0.2) is 0 Å². The Balaban J connectivity index is 1.94. The van der Waals surface area contributed by atoms with Crippen LogP contribution in [0.2, 0.25) is 5.02 Å². The molecule has 3 rings (SSSR count). The molecule has 0 bridgehead atoms. The summed E-state index contributed by atoms with van der Waals surface area (Å²) < 4.78 is 0.695. The lowest BCUT2D eigenvalue weighted by Crippen LogP contribution is -2.58. The summed E-state index contributed by atoms with van der Waals surface area (Å²) in [6.45, 7) is 0. The van der Waals surface area contributed by atoms with Gasteiger partial charge in [-0.05, 0) is 37.0 Å². The standard InChI is InChI=1S/C14H16ClNOS2/c15-10-6-4-9(5-7-10)12-11-3-1-2-8-14(11,17)16-13(18)19-12/h4-7,11-12,17H,1-3,8H2,(H,16,18)/t11-,12+,14+/m1/s1. The Morgan fingerprint density at radius 2 is 2.05 bits per heavy atom. The van der Waals surface area contributed by atoms with Gasteiger partial charge in [0.15, 0.2) is 0 Å². The summed E-state index contributed by atoms with van der Waals surface area (Å²) in [5.41, 5.74) is 0.369. The normalized spacial score (nSPS) is 34.5. The molecule has 5 heteroatoms. The Hall–Kier alpha value is -0.290. The lowest BCUT2D eigenvalue weighted by Gasteiger charge is -2.48. The summed E-state index contributed by atoms with van der Waals surface area (Å²) >= 11 is 12.9. The fraction of sp³-hybridized carbons (Fsp3) is 0.500. The molecular formula is C14H16ClNOS2. The van der Waals surface area contributed by atoms with Crippen LogP contribution in [-0.2, 0) is 0 Å². The third-order valence-corrected chi connectivity index (χ3v) is 5.87. The Bertz CT molecular complexity index is 493. The van der Waals surface area contributed by atoms with E-state index in [2.05, 4.69) is 5.32 Å². The molecule has 19 heavy (non-hydrogen) atoms. The van der Waals surface area contributed by atoms with Crippen molar-refractivity contribution in [2.24, 2.45) is 5.92 Å². The monoisotopic (exact) mass is 313 g/mol. The van der Waals surface area contributed by atoms with E-state index in [4.69, 9.17) is 23.8 Å². The topological polar surface area (TPSA) is 32.3 Å². The van der Waals surface area contributed by atoms with Crippen LogP contribution >= 0.6 is 35.6 Å². The number of halogens is 1. The summed E-state index contributed by atoms with van der Waals surface area (Å²) in [5.74, 6) is 0.208. The van der Waals surface area contributed by atoms with Crippen LogP contribution in [-0.4, -0.2) is 15.2 Å². The summed E-state index contributed by atoms with van der Waals surface area (Å²) in [7, 11) is 0. The van der Waals surface area contributed by atoms with Crippen molar-refractivity contribution in [3.8, 4) is 0 Å². The first kappa shape index (κ1) is 13.7. The van der Waals surface area contributed by atoms with Crippen LogP contribution in [0.1, 0.15) is 36.5 Å². The minimum atomic E-state index is -0.828. The number of thioether (sulfide) groups is 1. The van der Waals surface area contributed by atoms with Crippen LogP contribution < -0.4 is 5.32 Å². The van der Waals surface area contributed by atoms with Crippen molar-refractivity contribution in [1.82, 2.24) is 5.32 Å². The van der Waals surface area contributed by atoms with Crippen molar-refractivity contribution in [3.05, 3.63) is 34.9 Å². The summed E-state index contributed by atoms with van der Waals surface area (Å²) in [4.78, 5) is 0. The smallest absolute Gasteiger partial charge is 0.140 e. The van der Waals surface area contributed by atoms with Crippen LogP contribution in [0.15, 0.2) is 24.3 Å². The lowest BCUT2D eigenvalue weighted by molar-refractivity contribution is -0.0632. The highest BCUT2D eigenvalue weighted by Crippen LogP contribution is 2.50. The van der Waals surface area contributed by atoms with Gasteiger partial charge in [0.25, 0.3) is 0 Å². The van der Waals surface area contributed by atoms with Crippen LogP contribution in [0, 0.1) is 5.92 Å². The van der Waals surface area contributed by atoms with Gasteiger partial charge in [0.05, 0.1) is 0 Å². The van der Waals surface area contributed by atoms with E-state index in [0.717, 1.165) is 24.3 Å². The van der Waals surface area contributed by atoms with E-state index in [1.165, 1.54) is 12.0 Å². The van der Waals surface area contributed by atoms with E-state index in [-0.39, 0.29) is 11.2 Å². The van der Waals surface area contributed by atoms with Crippen LogP contribution in [0.4, 0.5) is 0 Å². The molecule has 1 saturated carbocycles. The highest BCUT2D eigenvalue weighted by Gasteiger charge is 2.48. The number of nitrogens with one attached hydrogen (secondary N) is 1. The van der Waals surface area contributed by atoms with Gasteiger partial charge in [-0.3, -0.25) is 0 Å². The molecule has 0 unspecified atom stereocenters. The quantitative estimate of drug-likeness (QED) is 0.771. The molecule has 1 saturated heterocycles. The van der Waals surface area contributed by atoms with Crippen molar-refractivity contribution >= 4 is 39.9 Å². The Labute approximate surface area is 127 Å². The van der Waals surface area contributed by atoms with Gasteiger partial charge in [0.2, 0.25) is 0 Å². The molecule has 1 aliphatic carbocycles. The second-order valence-electron chi connectivity index (χ2n) is 5.28. The average Bonchev–Trinajstić information content (AvgIpc) is 2.37. The van der Waals surface area contributed by atoms with Gasteiger partial charge in [-0.1, -0.05) is 54.1 Å². The zero-order valence-electron chi connectivity index (χ0n) is 10.4.